The molecule has 1 aliphatic carbocycles. The molecule has 2 fully saturated rings. The Morgan fingerprint density at radius 3 is 2.61 bits per heavy atom. The van der Waals surface area contributed by atoms with Gasteiger partial charge >= 0.3 is 5.97 Å². The second-order valence-corrected chi connectivity index (χ2v) is 9.24. The lowest BCUT2D eigenvalue weighted by Gasteiger charge is -2.35. The second kappa shape index (κ2) is 10.7. The molecule has 1 heterocycles. The predicted octanol–water partition coefficient (Wildman–Crippen LogP) is 5.95. The molecule has 2 aromatic rings. The van der Waals surface area contributed by atoms with Gasteiger partial charge in [0.25, 0.3) is 0 Å². The highest BCUT2D eigenvalue weighted by Crippen LogP contribution is 2.34. The summed E-state index contributed by atoms with van der Waals surface area (Å²) in [6, 6.07) is 11.2. The predicted molar refractivity (Wildman–Crippen MR) is 127 cm³/mol. The van der Waals surface area contributed by atoms with E-state index in [2.05, 4.69) is 5.32 Å². The van der Waals surface area contributed by atoms with E-state index in [9.17, 15) is 9.90 Å². The molecule has 5 nitrogen and oxygen atoms in total. The van der Waals surface area contributed by atoms with Gasteiger partial charge in [0, 0.05) is 37.3 Å². The van der Waals surface area contributed by atoms with Crippen LogP contribution in [0.15, 0.2) is 36.4 Å². The number of aryl methyl sites for hydroxylation is 1. The zero-order valence-electron chi connectivity index (χ0n) is 19.4. The zero-order chi connectivity index (χ0) is 23.3. The minimum Gasteiger partial charge on any atom is -0.480 e. The molecule has 0 bridgehead atoms. The fraction of sp³-hybridized carbons (Fsp3) is 0.519. The number of carboxylic acid groups (broad SMARTS) is 1. The van der Waals surface area contributed by atoms with E-state index < -0.39 is 11.5 Å². The van der Waals surface area contributed by atoms with Crippen molar-refractivity contribution in [1.82, 2.24) is 0 Å². The molecule has 0 unspecified atom stereocenters. The van der Waals surface area contributed by atoms with Gasteiger partial charge in [-0.25, -0.2) is 9.18 Å². The van der Waals surface area contributed by atoms with Crippen molar-refractivity contribution in [3.8, 4) is 11.1 Å². The van der Waals surface area contributed by atoms with Gasteiger partial charge in [-0.15, -0.1) is 0 Å². The fourth-order valence-corrected chi connectivity index (χ4v) is 4.96. The van der Waals surface area contributed by atoms with E-state index in [4.69, 9.17) is 9.47 Å². The lowest BCUT2D eigenvalue weighted by Crippen LogP contribution is -2.50. The third kappa shape index (κ3) is 5.39. The van der Waals surface area contributed by atoms with Gasteiger partial charge in [0.15, 0.2) is 0 Å². The topological polar surface area (TPSA) is 67.8 Å². The van der Waals surface area contributed by atoms with Gasteiger partial charge in [0.2, 0.25) is 0 Å². The molecular weight excluding hydrogens is 421 g/mol. The summed E-state index contributed by atoms with van der Waals surface area (Å²) in [5, 5.41) is 13.2. The zero-order valence-corrected chi connectivity index (χ0v) is 19.4. The number of hydrogen-bond acceptors (Lipinski definition) is 4. The van der Waals surface area contributed by atoms with Crippen molar-refractivity contribution in [1.29, 1.82) is 0 Å². The molecule has 0 spiro atoms. The maximum absolute atomic E-state index is 15.4. The van der Waals surface area contributed by atoms with Crippen LogP contribution in [0.4, 0.5) is 10.1 Å². The first-order valence-corrected chi connectivity index (χ1v) is 12.1. The Balaban J connectivity index is 1.67. The Kier molecular flexibility index (Phi) is 7.66. The molecule has 0 amide bonds. The summed E-state index contributed by atoms with van der Waals surface area (Å²) in [6.45, 7) is 3.23. The fourth-order valence-electron chi connectivity index (χ4n) is 4.96. The van der Waals surface area contributed by atoms with Gasteiger partial charge in [-0.2, -0.15) is 0 Å². The number of nitrogens with one attached hydrogen (secondary N) is 1. The standard InChI is InChI=1S/C27H34FNO4/c1-2-6-19-7-5-10-24(25(19)28)23-12-11-21(17-20(23)18-33-22-8-3-4-9-22)29-27(26(30)31)13-15-32-16-14-27/h5,7,10-12,17,22,29H,2-4,6,8-9,13-16,18H2,1H3,(H,30,31). The van der Waals surface area contributed by atoms with Crippen molar-refractivity contribution in [2.45, 2.75) is 76.5 Å². The normalized spacial score (nSPS) is 18.4. The molecule has 2 aliphatic rings. The second-order valence-electron chi connectivity index (χ2n) is 9.24. The molecule has 1 saturated heterocycles. The number of rotatable bonds is 9. The van der Waals surface area contributed by atoms with Gasteiger partial charge in [0.1, 0.15) is 11.4 Å². The van der Waals surface area contributed by atoms with Gasteiger partial charge in [-0.3, -0.25) is 0 Å². The van der Waals surface area contributed by atoms with Crippen LogP contribution in [0.1, 0.15) is 63.0 Å². The van der Waals surface area contributed by atoms with Crippen LogP contribution in [0.2, 0.25) is 0 Å². The number of carboxylic acids is 1. The minimum atomic E-state index is -1.06. The average molecular weight is 456 g/mol. The summed E-state index contributed by atoms with van der Waals surface area (Å²) in [5.41, 5.74) is 2.59. The lowest BCUT2D eigenvalue weighted by atomic mass is 9.89. The quantitative estimate of drug-likeness (QED) is 0.489. The molecule has 178 valence electrons. The maximum Gasteiger partial charge on any atom is 0.329 e. The summed E-state index contributed by atoms with van der Waals surface area (Å²) in [5.74, 6) is -1.06. The van der Waals surface area contributed by atoms with Crippen molar-refractivity contribution in [2.24, 2.45) is 0 Å². The first-order valence-electron chi connectivity index (χ1n) is 12.1. The van der Waals surface area contributed by atoms with Crippen LogP contribution in [0.25, 0.3) is 11.1 Å². The summed E-state index contributed by atoms with van der Waals surface area (Å²) in [6.07, 6.45) is 7.04. The summed E-state index contributed by atoms with van der Waals surface area (Å²) in [7, 11) is 0. The number of halogens is 1. The number of aliphatic carboxylic acids is 1. The van der Waals surface area contributed by atoms with E-state index in [-0.39, 0.29) is 11.9 Å². The highest BCUT2D eigenvalue weighted by molar-refractivity contribution is 5.83. The molecule has 33 heavy (non-hydrogen) atoms. The van der Waals surface area contributed by atoms with Crippen molar-refractivity contribution in [3.05, 3.63) is 53.3 Å². The van der Waals surface area contributed by atoms with Crippen LogP contribution < -0.4 is 5.32 Å². The Bertz CT molecular complexity index is 965. The van der Waals surface area contributed by atoms with Gasteiger partial charge in [0.05, 0.1) is 12.7 Å². The van der Waals surface area contributed by atoms with E-state index in [0.717, 1.165) is 30.4 Å². The molecule has 0 atom stereocenters. The number of hydrogen-bond donors (Lipinski definition) is 2. The van der Waals surface area contributed by atoms with Crippen molar-refractivity contribution >= 4 is 11.7 Å². The third-order valence-electron chi connectivity index (χ3n) is 6.91. The molecule has 4 rings (SSSR count). The van der Waals surface area contributed by atoms with Crippen LogP contribution in [-0.2, 0) is 27.3 Å². The Hall–Kier alpha value is -2.44. The number of ether oxygens (including phenoxy) is 2. The molecular formula is C27H34FNO4. The minimum absolute atomic E-state index is 0.186. The Labute approximate surface area is 195 Å². The highest BCUT2D eigenvalue weighted by Gasteiger charge is 2.40. The smallest absolute Gasteiger partial charge is 0.329 e. The lowest BCUT2D eigenvalue weighted by molar-refractivity contribution is -0.145. The van der Waals surface area contributed by atoms with E-state index in [0.29, 0.717) is 55.9 Å². The molecule has 1 saturated carbocycles. The van der Waals surface area contributed by atoms with Crippen molar-refractivity contribution < 1.29 is 23.8 Å². The largest absolute Gasteiger partial charge is 0.480 e. The van der Waals surface area contributed by atoms with Gasteiger partial charge < -0.3 is 19.9 Å². The van der Waals surface area contributed by atoms with Crippen LogP contribution in [0, 0.1) is 5.82 Å². The SMILES string of the molecule is CCCc1cccc(-c2ccc(NC3(C(=O)O)CCOCC3)cc2COC2CCCC2)c1F. The van der Waals surface area contributed by atoms with Crippen molar-refractivity contribution in [2.75, 3.05) is 18.5 Å². The van der Waals surface area contributed by atoms with Crippen LogP contribution in [0.3, 0.4) is 0 Å². The van der Waals surface area contributed by atoms with Crippen LogP contribution in [0.5, 0.6) is 0 Å². The molecule has 0 aromatic heterocycles. The first kappa shape index (κ1) is 23.7. The van der Waals surface area contributed by atoms with Crippen LogP contribution in [-0.4, -0.2) is 35.9 Å². The molecule has 1 aliphatic heterocycles. The first-order chi connectivity index (χ1) is 16.0. The number of anilines is 1. The molecule has 6 heteroatoms. The summed E-state index contributed by atoms with van der Waals surface area (Å²) in [4.78, 5) is 12.1. The van der Waals surface area contributed by atoms with E-state index in [1.165, 1.54) is 12.8 Å². The monoisotopic (exact) mass is 455 g/mol. The van der Waals surface area contributed by atoms with Crippen molar-refractivity contribution in [3.63, 3.8) is 0 Å². The third-order valence-corrected chi connectivity index (χ3v) is 6.91. The van der Waals surface area contributed by atoms with E-state index >= 15 is 4.39 Å². The van der Waals surface area contributed by atoms with E-state index in [1.54, 1.807) is 0 Å². The molecule has 0 radical (unpaired) electrons. The van der Waals surface area contributed by atoms with Gasteiger partial charge in [-0.1, -0.05) is 50.5 Å². The summed E-state index contributed by atoms with van der Waals surface area (Å²) < 4.78 is 26.9. The molecule has 2 N–H and O–H groups in total. The average Bonchev–Trinajstić information content (AvgIpc) is 3.34. The maximum atomic E-state index is 15.4. The Morgan fingerprint density at radius 1 is 1.15 bits per heavy atom. The summed E-state index contributed by atoms with van der Waals surface area (Å²) >= 11 is 0. The van der Waals surface area contributed by atoms with E-state index in [1.807, 2.05) is 43.3 Å². The highest BCUT2D eigenvalue weighted by atomic mass is 19.1. The van der Waals surface area contributed by atoms with Crippen LogP contribution >= 0.6 is 0 Å². The number of carbonyl (C=O) groups is 1. The van der Waals surface area contributed by atoms with Gasteiger partial charge in [-0.05, 0) is 48.1 Å². The number of benzene rings is 2. The Morgan fingerprint density at radius 2 is 1.91 bits per heavy atom. The molecule has 2 aromatic carbocycles.